The number of nitrogens with one attached hydrogen (secondary N) is 2. The van der Waals surface area contributed by atoms with Crippen molar-refractivity contribution in [2.45, 2.75) is 57.7 Å². The van der Waals surface area contributed by atoms with Crippen molar-refractivity contribution in [1.82, 2.24) is 10.6 Å². The quantitative estimate of drug-likeness (QED) is 0.684. The molecule has 0 aromatic heterocycles. The normalized spacial score (nSPS) is 19.0. The Labute approximate surface area is 91.0 Å². The highest BCUT2D eigenvalue weighted by atomic mass is 16.1. The van der Waals surface area contributed by atoms with Gasteiger partial charge in [0.15, 0.2) is 0 Å². The van der Waals surface area contributed by atoms with Crippen LogP contribution in [0.2, 0.25) is 0 Å². The lowest BCUT2D eigenvalue weighted by atomic mass is 10.1. The third-order valence-electron chi connectivity index (χ3n) is 2.59. The summed E-state index contributed by atoms with van der Waals surface area (Å²) in [6, 6.07) is 2.41. The van der Waals surface area contributed by atoms with Crippen molar-refractivity contribution >= 4 is 5.91 Å². The Kier molecular flexibility index (Phi) is 4.57. The summed E-state index contributed by atoms with van der Waals surface area (Å²) in [5.74, 6) is -0.0140. The number of amides is 1. The molecular weight excluding hydrogens is 190 g/mol. The molecule has 0 bridgehead atoms. The van der Waals surface area contributed by atoms with Crippen molar-refractivity contribution in [2.24, 2.45) is 0 Å². The lowest BCUT2D eigenvalue weighted by Crippen LogP contribution is -2.39. The van der Waals surface area contributed by atoms with E-state index in [9.17, 15) is 4.79 Å². The second-order valence-corrected chi connectivity index (χ2v) is 4.20. The third-order valence-corrected chi connectivity index (χ3v) is 2.59. The Hall–Kier alpha value is -1.08. The Morgan fingerprint density at radius 3 is 2.73 bits per heavy atom. The van der Waals surface area contributed by atoms with Gasteiger partial charge < -0.3 is 5.32 Å². The first-order valence-electron chi connectivity index (χ1n) is 5.60. The average Bonchev–Trinajstić information content (AvgIpc) is 3.00. The summed E-state index contributed by atoms with van der Waals surface area (Å²) in [6.45, 7) is 4.07. The zero-order valence-electron chi connectivity index (χ0n) is 9.42. The molecule has 1 saturated carbocycles. The molecule has 1 amide bonds. The van der Waals surface area contributed by atoms with E-state index in [0.717, 1.165) is 19.3 Å². The first-order chi connectivity index (χ1) is 7.15. The van der Waals surface area contributed by atoms with Crippen molar-refractivity contribution in [3.63, 3.8) is 0 Å². The van der Waals surface area contributed by atoms with Gasteiger partial charge in [-0.3, -0.25) is 10.1 Å². The molecular formula is C11H19N3O. The standard InChI is InChI=1S/C11H19N3O/c1-3-8(2)13-10(7-12)6-11(15)14-9-4-5-9/h8-10,13H,3-6H2,1-2H3,(H,14,15). The van der Waals surface area contributed by atoms with Crippen LogP contribution in [0.5, 0.6) is 0 Å². The van der Waals surface area contributed by atoms with Crippen LogP contribution in [-0.4, -0.2) is 24.0 Å². The van der Waals surface area contributed by atoms with Crippen molar-refractivity contribution in [2.75, 3.05) is 0 Å². The van der Waals surface area contributed by atoms with Gasteiger partial charge in [0.05, 0.1) is 12.5 Å². The SMILES string of the molecule is CCC(C)NC(C#N)CC(=O)NC1CC1. The van der Waals surface area contributed by atoms with Gasteiger partial charge in [-0.2, -0.15) is 5.26 Å². The van der Waals surface area contributed by atoms with Gasteiger partial charge in [-0.05, 0) is 26.2 Å². The van der Waals surface area contributed by atoms with E-state index in [4.69, 9.17) is 5.26 Å². The van der Waals surface area contributed by atoms with Crippen molar-refractivity contribution in [3.8, 4) is 6.07 Å². The zero-order valence-corrected chi connectivity index (χ0v) is 9.42. The second kappa shape index (κ2) is 5.72. The molecule has 2 N–H and O–H groups in total. The van der Waals surface area contributed by atoms with Gasteiger partial charge in [-0.15, -0.1) is 0 Å². The van der Waals surface area contributed by atoms with E-state index in [1.54, 1.807) is 0 Å². The van der Waals surface area contributed by atoms with Crippen LogP contribution in [-0.2, 0) is 4.79 Å². The minimum Gasteiger partial charge on any atom is -0.353 e. The van der Waals surface area contributed by atoms with Crippen molar-refractivity contribution in [3.05, 3.63) is 0 Å². The number of rotatable bonds is 6. The van der Waals surface area contributed by atoms with E-state index in [0.29, 0.717) is 6.04 Å². The Bertz CT molecular complexity index is 255. The number of nitriles is 1. The Morgan fingerprint density at radius 1 is 1.60 bits per heavy atom. The largest absolute Gasteiger partial charge is 0.353 e. The van der Waals surface area contributed by atoms with Gasteiger partial charge in [0.25, 0.3) is 0 Å². The van der Waals surface area contributed by atoms with Crippen LogP contribution in [0.1, 0.15) is 39.5 Å². The lowest BCUT2D eigenvalue weighted by Gasteiger charge is -2.16. The maximum absolute atomic E-state index is 11.4. The summed E-state index contributed by atoms with van der Waals surface area (Å²) in [5.41, 5.74) is 0. The zero-order chi connectivity index (χ0) is 11.3. The number of carbonyl (C=O) groups is 1. The van der Waals surface area contributed by atoms with Crippen LogP contribution in [0.3, 0.4) is 0 Å². The van der Waals surface area contributed by atoms with Crippen LogP contribution in [0.4, 0.5) is 0 Å². The summed E-state index contributed by atoms with van der Waals surface area (Å²) >= 11 is 0. The Morgan fingerprint density at radius 2 is 2.27 bits per heavy atom. The Balaban J connectivity index is 2.25. The molecule has 0 aromatic carbocycles. The molecule has 0 radical (unpaired) electrons. The fourth-order valence-electron chi connectivity index (χ4n) is 1.30. The highest BCUT2D eigenvalue weighted by Gasteiger charge is 2.24. The van der Waals surface area contributed by atoms with Gasteiger partial charge in [0.1, 0.15) is 6.04 Å². The van der Waals surface area contributed by atoms with Crippen LogP contribution in [0, 0.1) is 11.3 Å². The van der Waals surface area contributed by atoms with Crippen molar-refractivity contribution < 1.29 is 4.79 Å². The molecule has 2 unspecified atom stereocenters. The molecule has 1 fully saturated rings. The maximum Gasteiger partial charge on any atom is 0.222 e. The van der Waals surface area contributed by atoms with E-state index < -0.39 is 0 Å². The molecule has 84 valence electrons. The van der Waals surface area contributed by atoms with Gasteiger partial charge >= 0.3 is 0 Å². The van der Waals surface area contributed by atoms with Crippen LogP contribution >= 0.6 is 0 Å². The van der Waals surface area contributed by atoms with E-state index in [2.05, 4.69) is 23.6 Å². The topological polar surface area (TPSA) is 64.9 Å². The molecule has 0 aliphatic heterocycles. The molecule has 4 heteroatoms. The predicted octanol–water partition coefficient (Wildman–Crippen LogP) is 0.935. The molecule has 2 atom stereocenters. The molecule has 1 aliphatic carbocycles. The molecule has 4 nitrogen and oxygen atoms in total. The van der Waals surface area contributed by atoms with E-state index in [1.165, 1.54) is 0 Å². The molecule has 1 rings (SSSR count). The second-order valence-electron chi connectivity index (χ2n) is 4.20. The minimum absolute atomic E-state index is 0.0140. The van der Waals surface area contributed by atoms with E-state index in [-0.39, 0.29) is 24.4 Å². The number of hydrogen-bond donors (Lipinski definition) is 2. The molecule has 15 heavy (non-hydrogen) atoms. The van der Waals surface area contributed by atoms with Gasteiger partial charge in [0.2, 0.25) is 5.91 Å². The fraction of sp³-hybridized carbons (Fsp3) is 0.818. The summed E-state index contributed by atoms with van der Waals surface area (Å²) < 4.78 is 0. The first kappa shape index (κ1) is 12.0. The van der Waals surface area contributed by atoms with Gasteiger partial charge in [-0.1, -0.05) is 6.92 Å². The summed E-state index contributed by atoms with van der Waals surface area (Å²) in [5, 5.41) is 14.9. The molecule has 0 saturated heterocycles. The highest BCUT2D eigenvalue weighted by Crippen LogP contribution is 2.18. The van der Waals surface area contributed by atoms with E-state index >= 15 is 0 Å². The maximum atomic E-state index is 11.4. The van der Waals surface area contributed by atoms with E-state index in [1.807, 2.05) is 6.92 Å². The van der Waals surface area contributed by atoms with Crippen LogP contribution in [0.15, 0.2) is 0 Å². The average molecular weight is 209 g/mol. The molecule has 1 aliphatic rings. The number of carbonyl (C=O) groups excluding carboxylic acids is 1. The highest BCUT2D eigenvalue weighted by molar-refractivity contribution is 5.77. The molecule has 0 aromatic rings. The summed E-state index contributed by atoms with van der Waals surface area (Å²) in [6.07, 6.45) is 3.39. The monoisotopic (exact) mass is 209 g/mol. The van der Waals surface area contributed by atoms with Gasteiger partial charge in [0, 0.05) is 12.1 Å². The third kappa shape index (κ3) is 4.80. The smallest absolute Gasteiger partial charge is 0.222 e. The van der Waals surface area contributed by atoms with Crippen molar-refractivity contribution in [1.29, 1.82) is 5.26 Å². The first-order valence-corrected chi connectivity index (χ1v) is 5.60. The minimum atomic E-state index is -0.362. The number of nitrogens with zero attached hydrogens (tertiary/aromatic N) is 1. The molecule has 0 spiro atoms. The number of hydrogen-bond acceptors (Lipinski definition) is 3. The predicted molar refractivity (Wildman–Crippen MR) is 58.1 cm³/mol. The van der Waals surface area contributed by atoms with Gasteiger partial charge in [-0.25, -0.2) is 0 Å². The fourth-order valence-corrected chi connectivity index (χ4v) is 1.30. The van der Waals surface area contributed by atoms with Crippen LogP contribution < -0.4 is 10.6 Å². The summed E-state index contributed by atoms with van der Waals surface area (Å²) in [4.78, 5) is 11.4. The van der Waals surface area contributed by atoms with Crippen LogP contribution in [0.25, 0.3) is 0 Å². The lowest BCUT2D eigenvalue weighted by molar-refractivity contribution is -0.121. The summed E-state index contributed by atoms with van der Waals surface area (Å²) in [7, 11) is 0. The molecule has 0 heterocycles.